The zero-order chi connectivity index (χ0) is 29.3. The molecule has 1 aromatic carbocycles. The second kappa shape index (κ2) is 18.7. The Balaban J connectivity index is 3.46. The number of carbonyl (C=O) groups is 3. The van der Waals surface area contributed by atoms with Gasteiger partial charge >= 0.3 is 6.09 Å². The van der Waals surface area contributed by atoms with Crippen LogP contribution in [0.5, 0.6) is 0 Å². The maximum Gasteiger partial charge on any atom is 0.408 e. The summed E-state index contributed by atoms with van der Waals surface area (Å²) in [5.41, 5.74) is 0.911. The van der Waals surface area contributed by atoms with Gasteiger partial charge in [-0.25, -0.2) is 4.79 Å². The van der Waals surface area contributed by atoms with Gasteiger partial charge in [-0.05, 0) is 69.2 Å². The molecule has 0 aliphatic carbocycles. The van der Waals surface area contributed by atoms with Crippen molar-refractivity contribution in [2.45, 2.75) is 104 Å². The van der Waals surface area contributed by atoms with E-state index in [0.29, 0.717) is 25.3 Å². The molecular formula is C31H51N3O4S. The number of benzene rings is 1. The average Bonchev–Trinajstić information content (AvgIpc) is 2.89. The summed E-state index contributed by atoms with van der Waals surface area (Å²) in [7, 11) is 0. The van der Waals surface area contributed by atoms with Gasteiger partial charge in [0.05, 0.1) is 0 Å². The van der Waals surface area contributed by atoms with Gasteiger partial charge in [0.1, 0.15) is 17.7 Å². The highest BCUT2D eigenvalue weighted by Crippen LogP contribution is 2.26. The van der Waals surface area contributed by atoms with Crippen LogP contribution in [0.25, 0.3) is 6.08 Å². The van der Waals surface area contributed by atoms with Crippen LogP contribution in [-0.4, -0.2) is 59.5 Å². The smallest absolute Gasteiger partial charge is 0.408 e. The van der Waals surface area contributed by atoms with Gasteiger partial charge in [-0.15, -0.1) is 0 Å². The Morgan fingerprint density at radius 3 is 2.38 bits per heavy atom. The fraction of sp³-hybridized carbons (Fsp3) is 0.645. The van der Waals surface area contributed by atoms with Crippen LogP contribution in [0.4, 0.5) is 4.79 Å². The van der Waals surface area contributed by atoms with Crippen LogP contribution >= 0.6 is 11.8 Å². The summed E-state index contributed by atoms with van der Waals surface area (Å²) >= 11 is 1.60. The molecule has 0 saturated carbocycles. The molecule has 0 heterocycles. The molecule has 1 rings (SSSR count). The lowest BCUT2D eigenvalue weighted by molar-refractivity contribution is -0.142. The van der Waals surface area contributed by atoms with E-state index in [-0.39, 0.29) is 11.8 Å². The number of unbranched alkanes of at least 4 members (excludes halogenated alkanes) is 5. The fourth-order valence-corrected chi connectivity index (χ4v) is 4.70. The van der Waals surface area contributed by atoms with E-state index in [1.807, 2.05) is 30.5 Å². The third-order valence-electron chi connectivity index (χ3n) is 6.24. The van der Waals surface area contributed by atoms with Crippen molar-refractivity contribution in [2.75, 3.05) is 25.1 Å². The van der Waals surface area contributed by atoms with E-state index < -0.39 is 23.8 Å². The summed E-state index contributed by atoms with van der Waals surface area (Å²) in [6, 6.07) is 5.97. The molecule has 0 radical (unpaired) electrons. The zero-order valence-electron chi connectivity index (χ0n) is 25.0. The molecule has 39 heavy (non-hydrogen) atoms. The number of hydrogen-bond donors (Lipinski definition) is 2. The van der Waals surface area contributed by atoms with Crippen LogP contribution < -0.4 is 10.6 Å². The van der Waals surface area contributed by atoms with Crippen molar-refractivity contribution >= 4 is 35.7 Å². The van der Waals surface area contributed by atoms with Crippen molar-refractivity contribution in [1.82, 2.24) is 15.5 Å². The zero-order valence-corrected chi connectivity index (χ0v) is 25.8. The SMILES string of the molecule is C=Cc1cccc(C(C(=O)NCCCCC)N(CCCCCC)C(=O)C(CCSC)NC(=O)OC(C)(C)C)c1. The molecule has 0 saturated heterocycles. The van der Waals surface area contributed by atoms with Gasteiger partial charge in [0, 0.05) is 13.1 Å². The lowest BCUT2D eigenvalue weighted by atomic mass is 9.99. The summed E-state index contributed by atoms with van der Waals surface area (Å²) in [5.74, 6) is 0.191. The van der Waals surface area contributed by atoms with Gasteiger partial charge in [0.25, 0.3) is 0 Å². The van der Waals surface area contributed by atoms with E-state index >= 15 is 0 Å². The first-order chi connectivity index (χ1) is 18.6. The first kappa shape index (κ1) is 34.5. The predicted octanol–water partition coefficient (Wildman–Crippen LogP) is 6.73. The molecule has 220 valence electrons. The number of amides is 3. The minimum absolute atomic E-state index is 0.211. The van der Waals surface area contributed by atoms with Gasteiger partial charge in [-0.3, -0.25) is 9.59 Å². The summed E-state index contributed by atoms with van der Waals surface area (Å²) in [6.07, 6.45) is 10.3. The molecule has 0 aliphatic heterocycles. The molecule has 0 bridgehead atoms. The van der Waals surface area contributed by atoms with Gasteiger partial charge in [0.15, 0.2) is 0 Å². The third-order valence-corrected chi connectivity index (χ3v) is 6.88. The van der Waals surface area contributed by atoms with E-state index in [0.717, 1.165) is 56.1 Å². The van der Waals surface area contributed by atoms with Gasteiger partial charge in [0.2, 0.25) is 11.8 Å². The lowest BCUT2D eigenvalue weighted by Crippen LogP contribution is -2.53. The average molecular weight is 562 g/mol. The normalized spacial score (nSPS) is 12.8. The van der Waals surface area contributed by atoms with E-state index in [9.17, 15) is 14.4 Å². The number of thioether (sulfide) groups is 1. The predicted molar refractivity (Wildman–Crippen MR) is 164 cm³/mol. The minimum atomic E-state index is -0.821. The van der Waals surface area contributed by atoms with E-state index in [2.05, 4.69) is 31.1 Å². The summed E-state index contributed by atoms with van der Waals surface area (Å²) in [4.78, 5) is 42.3. The Hall–Kier alpha value is -2.48. The Morgan fingerprint density at radius 2 is 1.77 bits per heavy atom. The molecule has 3 amide bonds. The molecule has 0 aromatic heterocycles. The summed E-state index contributed by atoms with van der Waals surface area (Å²) in [6.45, 7) is 14.5. The van der Waals surface area contributed by atoms with Crippen molar-refractivity contribution in [3.63, 3.8) is 0 Å². The molecule has 0 spiro atoms. The molecule has 2 N–H and O–H groups in total. The van der Waals surface area contributed by atoms with Gasteiger partial charge in [-0.1, -0.05) is 76.8 Å². The van der Waals surface area contributed by atoms with E-state index in [1.54, 1.807) is 43.5 Å². The highest BCUT2D eigenvalue weighted by Gasteiger charge is 2.36. The van der Waals surface area contributed by atoms with Crippen LogP contribution in [0.3, 0.4) is 0 Å². The molecule has 2 unspecified atom stereocenters. The highest BCUT2D eigenvalue weighted by molar-refractivity contribution is 7.98. The number of alkyl carbamates (subject to hydrolysis) is 1. The molecule has 2 atom stereocenters. The second-order valence-corrected chi connectivity index (χ2v) is 11.8. The molecule has 0 fully saturated rings. The molecule has 0 aliphatic rings. The topological polar surface area (TPSA) is 87.7 Å². The Labute approximate surface area is 240 Å². The van der Waals surface area contributed by atoms with Crippen molar-refractivity contribution in [3.05, 3.63) is 42.0 Å². The summed E-state index contributed by atoms with van der Waals surface area (Å²) in [5, 5.41) is 5.87. The molecule has 1 aromatic rings. The Bertz CT molecular complexity index is 900. The van der Waals surface area contributed by atoms with Crippen LogP contribution in [0, 0.1) is 0 Å². The molecule has 8 heteroatoms. The minimum Gasteiger partial charge on any atom is -0.444 e. The quantitative estimate of drug-likeness (QED) is 0.194. The van der Waals surface area contributed by atoms with E-state index in [1.165, 1.54) is 0 Å². The standard InChI is InChI=1S/C31H51N3O4S/c1-8-11-13-15-21-34(29(36)26(19-22-39-7)33-30(37)38-31(4,5)6)27(28(35)32-20-14-12-9-2)25-18-16-17-24(10-3)23-25/h10,16-18,23,26-27H,3,8-9,11-15,19-22H2,1-2,4-7H3,(H,32,35)(H,33,37). The van der Waals surface area contributed by atoms with Crippen molar-refractivity contribution in [3.8, 4) is 0 Å². The van der Waals surface area contributed by atoms with Crippen molar-refractivity contribution in [1.29, 1.82) is 0 Å². The first-order valence-corrected chi connectivity index (χ1v) is 15.8. The maximum atomic E-state index is 14.2. The van der Waals surface area contributed by atoms with Crippen LogP contribution in [0.2, 0.25) is 0 Å². The largest absolute Gasteiger partial charge is 0.444 e. The first-order valence-electron chi connectivity index (χ1n) is 14.4. The Morgan fingerprint density at radius 1 is 1.08 bits per heavy atom. The van der Waals surface area contributed by atoms with Crippen LogP contribution in [0.1, 0.15) is 103 Å². The summed E-state index contributed by atoms with van der Waals surface area (Å²) < 4.78 is 5.47. The van der Waals surface area contributed by atoms with Crippen LogP contribution in [0.15, 0.2) is 30.8 Å². The van der Waals surface area contributed by atoms with Gasteiger partial charge in [-0.2, -0.15) is 11.8 Å². The van der Waals surface area contributed by atoms with Crippen molar-refractivity contribution < 1.29 is 19.1 Å². The third kappa shape index (κ3) is 13.4. The number of rotatable bonds is 18. The molecule has 7 nitrogen and oxygen atoms in total. The number of carbonyl (C=O) groups excluding carboxylic acids is 3. The number of nitrogens with zero attached hydrogens (tertiary/aromatic N) is 1. The highest BCUT2D eigenvalue weighted by atomic mass is 32.2. The monoisotopic (exact) mass is 561 g/mol. The molecular weight excluding hydrogens is 510 g/mol. The maximum absolute atomic E-state index is 14.2. The van der Waals surface area contributed by atoms with Crippen LogP contribution in [-0.2, 0) is 14.3 Å². The van der Waals surface area contributed by atoms with Gasteiger partial charge < -0.3 is 20.3 Å². The number of nitrogens with one attached hydrogen (secondary N) is 2. The Kier molecular flexibility index (Phi) is 16.6. The van der Waals surface area contributed by atoms with E-state index in [4.69, 9.17) is 4.74 Å². The van der Waals surface area contributed by atoms with Crippen molar-refractivity contribution in [2.24, 2.45) is 0 Å². The second-order valence-electron chi connectivity index (χ2n) is 10.8. The lowest BCUT2D eigenvalue weighted by Gasteiger charge is -2.35. The fourth-order valence-electron chi connectivity index (χ4n) is 4.23. The number of hydrogen-bond acceptors (Lipinski definition) is 5. The number of ether oxygens (including phenoxy) is 1.